The second-order valence-electron chi connectivity index (χ2n) is 4.57. The largest absolute Gasteiger partial charge is 0.507 e. The molecule has 0 saturated carbocycles. The zero-order chi connectivity index (χ0) is 14.9. The summed E-state index contributed by atoms with van der Waals surface area (Å²) in [7, 11) is 1.47. The number of ether oxygens (including phenoxy) is 1. The number of aliphatic carboxylic acids is 1. The van der Waals surface area contributed by atoms with Gasteiger partial charge in [-0.3, -0.25) is 4.79 Å². The first-order valence-electron chi connectivity index (χ1n) is 5.99. The van der Waals surface area contributed by atoms with Crippen LogP contribution < -0.4 is 0 Å². The molecule has 0 aliphatic carbocycles. The molecule has 108 valence electrons. The van der Waals surface area contributed by atoms with Gasteiger partial charge in [-0.25, -0.2) is 4.79 Å². The summed E-state index contributed by atoms with van der Waals surface area (Å²) in [5, 5.41) is 19.2. The third-order valence-corrected chi connectivity index (χ3v) is 3.57. The SMILES string of the molecule is COC1CC(C(=O)O)N(C(=O)c2cc(Cl)ccc2O)C1. The lowest BCUT2D eigenvalue weighted by Crippen LogP contribution is -2.40. The number of phenolic OH excluding ortho intramolecular Hbond substituents is 1. The summed E-state index contributed by atoms with van der Waals surface area (Å²) < 4.78 is 5.12. The molecular formula is C13H14ClNO5. The summed E-state index contributed by atoms with van der Waals surface area (Å²) in [5.74, 6) is -1.90. The minimum Gasteiger partial charge on any atom is -0.507 e. The molecule has 1 aliphatic rings. The Morgan fingerprint density at radius 1 is 1.45 bits per heavy atom. The number of aromatic hydroxyl groups is 1. The number of carbonyl (C=O) groups excluding carboxylic acids is 1. The van der Waals surface area contributed by atoms with Crippen LogP contribution in [0.15, 0.2) is 18.2 Å². The highest BCUT2D eigenvalue weighted by atomic mass is 35.5. The average Bonchev–Trinajstić information content (AvgIpc) is 2.85. The number of carbonyl (C=O) groups is 2. The van der Waals surface area contributed by atoms with Crippen LogP contribution in [0.1, 0.15) is 16.8 Å². The normalized spacial score (nSPS) is 22.0. The topological polar surface area (TPSA) is 87.1 Å². The van der Waals surface area contributed by atoms with Crippen molar-refractivity contribution >= 4 is 23.5 Å². The van der Waals surface area contributed by atoms with Crippen molar-refractivity contribution < 1.29 is 24.5 Å². The van der Waals surface area contributed by atoms with Crippen molar-refractivity contribution in [1.82, 2.24) is 4.90 Å². The summed E-state index contributed by atoms with van der Waals surface area (Å²) >= 11 is 5.80. The second-order valence-corrected chi connectivity index (χ2v) is 5.00. The molecule has 1 fully saturated rings. The quantitative estimate of drug-likeness (QED) is 0.880. The number of halogens is 1. The lowest BCUT2D eigenvalue weighted by molar-refractivity contribution is -0.141. The molecule has 1 aliphatic heterocycles. The lowest BCUT2D eigenvalue weighted by atomic mass is 10.1. The van der Waals surface area contributed by atoms with Crippen LogP contribution in [0.5, 0.6) is 5.75 Å². The van der Waals surface area contributed by atoms with E-state index >= 15 is 0 Å². The van der Waals surface area contributed by atoms with Crippen molar-refractivity contribution in [2.24, 2.45) is 0 Å². The Kier molecular flexibility index (Phi) is 4.15. The molecule has 1 saturated heterocycles. The van der Waals surface area contributed by atoms with Crippen LogP contribution in [0.2, 0.25) is 5.02 Å². The van der Waals surface area contributed by atoms with E-state index in [0.29, 0.717) is 5.02 Å². The minimum absolute atomic E-state index is 0.0134. The molecule has 0 aromatic heterocycles. The zero-order valence-electron chi connectivity index (χ0n) is 10.7. The van der Waals surface area contributed by atoms with Crippen molar-refractivity contribution in [2.75, 3.05) is 13.7 Å². The van der Waals surface area contributed by atoms with Crippen molar-refractivity contribution in [3.8, 4) is 5.75 Å². The van der Waals surface area contributed by atoms with Gasteiger partial charge in [0.2, 0.25) is 0 Å². The van der Waals surface area contributed by atoms with Crippen molar-refractivity contribution in [1.29, 1.82) is 0 Å². The number of benzene rings is 1. The molecule has 2 N–H and O–H groups in total. The lowest BCUT2D eigenvalue weighted by Gasteiger charge is -2.21. The molecule has 7 heteroatoms. The van der Waals surface area contributed by atoms with E-state index in [9.17, 15) is 19.8 Å². The predicted octanol–water partition coefficient (Wildman–Crippen LogP) is 1.36. The van der Waals surface area contributed by atoms with Crippen LogP contribution in [-0.4, -0.2) is 52.8 Å². The van der Waals surface area contributed by atoms with Crippen molar-refractivity contribution in [2.45, 2.75) is 18.6 Å². The van der Waals surface area contributed by atoms with Gasteiger partial charge >= 0.3 is 5.97 Å². The molecule has 2 unspecified atom stereocenters. The van der Waals surface area contributed by atoms with Crippen molar-refractivity contribution in [3.05, 3.63) is 28.8 Å². The summed E-state index contributed by atoms with van der Waals surface area (Å²) in [5.41, 5.74) is -0.0134. The number of amides is 1. The van der Waals surface area contributed by atoms with E-state index in [2.05, 4.69) is 0 Å². The van der Waals surface area contributed by atoms with E-state index < -0.39 is 17.9 Å². The number of carboxylic acid groups (broad SMARTS) is 1. The third kappa shape index (κ3) is 2.71. The maximum absolute atomic E-state index is 12.4. The van der Waals surface area contributed by atoms with E-state index in [1.165, 1.54) is 30.2 Å². The fourth-order valence-electron chi connectivity index (χ4n) is 2.26. The highest BCUT2D eigenvalue weighted by Crippen LogP contribution is 2.27. The van der Waals surface area contributed by atoms with Gasteiger partial charge in [0.05, 0.1) is 11.7 Å². The molecule has 2 rings (SSSR count). The fraction of sp³-hybridized carbons (Fsp3) is 0.385. The zero-order valence-corrected chi connectivity index (χ0v) is 11.5. The minimum atomic E-state index is -1.10. The van der Waals surface area contributed by atoms with Crippen LogP contribution >= 0.6 is 11.6 Å². The number of hydrogen-bond acceptors (Lipinski definition) is 4. The van der Waals surface area contributed by atoms with Crippen LogP contribution in [-0.2, 0) is 9.53 Å². The first-order valence-corrected chi connectivity index (χ1v) is 6.37. The smallest absolute Gasteiger partial charge is 0.326 e. The number of hydrogen-bond donors (Lipinski definition) is 2. The molecule has 1 heterocycles. The molecule has 1 aromatic rings. The number of rotatable bonds is 3. The van der Waals surface area contributed by atoms with Gasteiger partial charge in [-0.05, 0) is 18.2 Å². The maximum Gasteiger partial charge on any atom is 0.326 e. The molecule has 1 aromatic carbocycles. The molecule has 2 atom stereocenters. The van der Waals surface area contributed by atoms with E-state index in [0.717, 1.165) is 0 Å². The summed E-state index contributed by atoms with van der Waals surface area (Å²) in [6, 6.07) is 3.10. The van der Waals surface area contributed by atoms with E-state index in [-0.39, 0.29) is 30.4 Å². The molecule has 20 heavy (non-hydrogen) atoms. The Labute approximate surface area is 120 Å². The van der Waals surface area contributed by atoms with E-state index in [1.54, 1.807) is 0 Å². The van der Waals surface area contributed by atoms with Gasteiger partial charge in [0.25, 0.3) is 5.91 Å². The Morgan fingerprint density at radius 3 is 2.75 bits per heavy atom. The second kappa shape index (κ2) is 5.68. The van der Waals surface area contributed by atoms with Crippen molar-refractivity contribution in [3.63, 3.8) is 0 Å². The van der Waals surface area contributed by atoms with Crippen LogP contribution in [0, 0.1) is 0 Å². The Morgan fingerprint density at radius 2 is 2.15 bits per heavy atom. The number of likely N-dealkylation sites (tertiary alicyclic amines) is 1. The Balaban J connectivity index is 2.31. The summed E-state index contributed by atoms with van der Waals surface area (Å²) in [6.07, 6.45) is -0.111. The fourth-order valence-corrected chi connectivity index (χ4v) is 2.43. The first-order chi connectivity index (χ1) is 9.43. The van der Waals surface area contributed by atoms with Crippen LogP contribution in [0.3, 0.4) is 0 Å². The molecule has 0 bridgehead atoms. The molecule has 0 radical (unpaired) electrons. The number of phenols is 1. The Bertz CT molecular complexity index is 548. The van der Waals surface area contributed by atoms with Gasteiger partial charge in [-0.15, -0.1) is 0 Å². The molecule has 6 nitrogen and oxygen atoms in total. The molecule has 0 spiro atoms. The van der Waals surface area contributed by atoms with Gasteiger partial charge in [0.15, 0.2) is 0 Å². The van der Waals surface area contributed by atoms with E-state index in [4.69, 9.17) is 16.3 Å². The average molecular weight is 300 g/mol. The standard InChI is InChI=1S/C13H14ClNO5/c1-20-8-5-10(13(18)19)15(6-8)12(17)9-4-7(14)2-3-11(9)16/h2-4,8,10,16H,5-6H2,1H3,(H,18,19). The molecule has 1 amide bonds. The van der Waals surface area contributed by atoms with Crippen LogP contribution in [0.25, 0.3) is 0 Å². The number of methoxy groups -OCH3 is 1. The van der Waals surface area contributed by atoms with E-state index in [1.807, 2.05) is 0 Å². The first kappa shape index (κ1) is 14.6. The Hall–Kier alpha value is -1.79. The maximum atomic E-state index is 12.4. The number of nitrogens with zero attached hydrogens (tertiary/aromatic N) is 1. The molecular weight excluding hydrogens is 286 g/mol. The predicted molar refractivity (Wildman–Crippen MR) is 71.0 cm³/mol. The summed E-state index contributed by atoms with van der Waals surface area (Å²) in [4.78, 5) is 24.8. The van der Waals surface area contributed by atoms with Gasteiger partial charge in [-0.2, -0.15) is 0 Å². The highest BCUT2D eigenvalue weighted by Gasteiger charge is 2.40. The summed E-state index contributed by atoms with van der Waals surface area (Å²) in [6.45, 7) is 0.165. The van der Waals surface area contributed by atoms with Gasteiger partial charge in [-0.1, -0.05) is 11.6 Å². The van der Waals surface area contributed by atoms with Crippen LogP contribution in [0.4, 0.5) is 0 Å². The number of carboxylic acids is 1. The monoisotopic (exact) mass is 299 g/mol. The third-order valence-electron chi connectivity index (χ3n) is 3.33. The van der Waals surface area contributed by atoms with Gasteiger partial charge in [0.1, 0.15) is 11.8 Å². The van der Waals surface area contributed by atoms with Gasteiger partial charge in [0, 0.05) is 25.1 Å². The van der Waals surface area contributed by atoms with Gasteiger partial charge < -0.3 is 19.8 Å². The highest BCUT2D eigenvalue weighted by molar-refractivity contribution is 6.31.